The highest BCUT2D eigenvalue weighted by Gasteiger charge is 2.29. The summed E-state index contributed by atoms with van der Waals surface area (Å²) >= 11 is 0. The van der Waals surface area contributed by atoms with E-state index in [9.17, 15) is 20.0 Å². The zero-order valence-electron chi connectivity index (χ0n) is 16.0. The summed E-state index contributed by atoms with van der Waals surface area (Å²) in [5, 5.41) is 19.7. The van der Waals surface area contributed by atoms with Gasteiger partial charge in [0.1, 0.15) is 11.3 Å². The molecular weight excluding hydrogens is 368 g/mol. The number of rotatable bonds is 3. The first kappa shape index (κ1) is 18.8. The monoisotopic (exact) mass is 388 g/mol. The van der Waals surface area contributed by atoms with E-state index in [4.69, 9.17) is 4.42 Å². The van der Waals surface area contributed by atoms with E-state index in [1.165, 1.54) is 6.07 Å². The van der Waals surface area contributed by atoms with Gasteiger partial charge in [0, 0.05) is 42.4 Å². The van der Waals surface area contributed by atoms with E-state index in [2.05, 4.69) is 6.07 Å². The quantitative estimate of drug-likeness (QED) is 0.718. The average molecular weight is 388 g/mol. The molecule has 1 saturated heterocycles. The fraction of sp³-hybridized carbons (Fsp3) is 0.261. The van der Waals surface area contributed by atoms with Crippen molar-refractivity contribution in [1.82, 2.24) is 4.90 Å². The van der Waals surface area contributed by atoms with Crippen LogP contribution in [0.1, 0.15) is 47.4 Å². The molecule has 146 valence electrons. The van der Waals surface area contributed by atoms with Crippen molar-refractivity contribution in [1.29, 1.82) is 5.26 Å². The maximum absolute atomic E-state index is 11.7. The molecule has 0 bridgehead atoms. The van der Waals surface area contributed by atoms with E-state index < -0.39 is 5.97 Å². The van der Waals surface area contributed by atoms with Crippen molar-refractivity contribution in [2.45, 2.75) is 25.7 Å². The largest absolute Gasteiger partial charge is 0.478 e. The van der Waals surface area contributed by atoms with Crippen LogP contribution in [-0.4, -0.2) is 35.0 Å². The van der Waals surface area contributed by atoms with Crippen LogP contribution in [0.3, 0.4) is 0 Å². The lowest BCUT2D eigenvalue weighted by atomic mass is 9.87. The second-order valence-electron chi connectivity index (χ2n) is 7.30. The van der Waals surface area contributed by atoms with Gasteiger partial charge in [-0.2, -0.15) is 5.26 Å². The highest BCUT2D eigenvalue weighted by atomic mass is 16.4. The number of piperidine rings is 1. The summed E-state index contributed by atoms with van der Waals surface area (Å²) in [6, 6.07) is 14.3. The van der Waals surface area contributed by atoms with Gasteiger partial charge < -0.3 is 14.4 Å². The van der Waals surface area contributed by atoms with Crippen LogP contribution in [0.25, 0.3) is 22.1 Å². The molecule has 2 heterocycles. The van der Waals surface area contributed by atoms with Crippen LogP contribution in [0, 0.1) is 11.3 Å². The Labute approximate surface area is 168 Å². The molecule has 0 radical (unpaired) electrons. The number of carboxylic acids is 1. The molecule has 0 saturated carbocycles. The fourth-order valence-corrected chi connectivity index (χ4v) is 4.07. The predicted molar refractivity (Wildman–Crippen MR) is 108 cm³/mol. The van der Waals surface area contributed by atoms with Crippen molar-refractivity contribution in [3.05, 3.63) is 59.4 Å². The molecular formula is C23H20N2O4. The van der Waals surface area contributed by atoms with Crippen molar-refractivity contribution in [3.63, 3.8) is 0 Å². The Balaban J connectivity index is 1.89. The van der Waals surface area contributed by atoms with Crippen molar-refractivity contribution >= 4 is 22.8 Å². The molecule has 1 fully saturated rings. The van der Waals surface area contributed by atoms with Crippen LogP contribution >= 0.6 is 0 Å². The van der Waals surface area contributed by atoms with Gasteiger partial charge in [0.05, 0.1) is 17.2 Å². The number of amides is 1. The molecule has 29 heavy (non-hydrogen) atoms. The number of benzene rings is 2. The Hall–Kier alpha value is -3.59. The normalized spacial score (nSPS) is 14.7. The van der Waals surface area contributed by atoms with Crippen LogP contribution in [-0.2, 0) is 4.79 Å². The van der Waals surface area contributed by atoms with E-state index in [0.29, 0.717) is 29.6 Å². The van der Waals surface area contributed by atoms with Gasteiger partial charge in [-0.3, -0.25) is 4.79 Å². The topological polar surface area (TPSA) is 94.5 Å². The van der Waals surface area contributed by atoms with Gasteiger partial charge in [-0.15, -0.1) is 0 Å². The highest BCUT2D eigenvalue weighted by molar-refractivity contribution is 6.01. The summed E-state index contributed by atoms with van der Waals surface area (Å²) < 4.78 is 6.22. The highest BCUT2D eigenvalue weighted by Crippen LogP contribution is 2.43. The number of carbonyl (C=O) groups excluding carboxylic acids is 1. The Kier molecular flexibility index (Phi) is 4.81. The molecule has 0 spiro atoms. The maximum atomic E-state index is 11.7. The molecule has 2 aromatic carbocycles. The standard InChI is InChI=1S/C23H20N2O4/c1-14(26)25-10-8-15(9-11-25)22-21(18-5-3-2-4-17(18)13-24)19-12-16(23(27)28)6-7-20(19)29-22/h2-7,12,15H,8-11H2,1H3,(H,27,28). The third kappa shape index (κ3) is 3.36. The van der Waals surface area contributed by atoms with Gasteiger partial charge in [0.25, 0.3) is 0 Å². The molecule has 1 aliphatic heterocycles. The second kappa shape index (κ2) is 7.44. The Morgan fingerprint density at radius 2 is 1.90 bits per heavy atom. The minimum absolute atomic E-state index is 0.0641. The van der Waals surface area contributed by atoms with Gasteiger partial charge in [0.2, 0.25) is 5.91 Å². The Morgan fingerprint density at radius 3 is 2.55 bits per heavy atom. The summed E-state index contributed by atoms with van der Waals surface area (Å²) in [7, 11) is 0. The predicted octanol–water partition coefficient (Wildman–Crippen LogP) is 4.40. The molecule has 1 N–H and O–H groups in total. The Morgan fingerprint density at radius 1 is 1.17 bits per heavy atom. The molecule has 4 rings (SSSR count). The first-order valence-corrected chi connectivity index (χ1v) is 9.54. The van der Waals surface area contributed by atoms with Crippen molar-refractivity contribution < 1.29 is 19.1 Å². The number of fused-ring (bicyclic) bond motifs is 1. The number of carboxylic acid groups (broad SMARTS) is 1. The van der Waals surface area contributed by atoms with Gasteiger partial charge in [-0.25, -0.2) is 4.79 Å². The smallest absolute Gasteiger partial charge is 0.335 e. The molecule has 3 aromatic rings. The maximum Gasteiger partial charge on any atom is 0.335 e. The van der Waals surface area contributed by atoms with Gasteiger partial charge in [0.15, 0.2) is 0 Å². The van der Waals surface area contributed by atoms with E-state index in [1.54, 1.807) is 31.2 Å². The number of hydrogen-bond donors (Lipinski definition) is 1. The first-order chi connectivity index (χ1) is 14.0. The summed E-state index contributed by atoms with van der Waals surface area (Å²) in [6.07, 6.45) is 1.51. The summed E-state index contributed by atoms with van der Waals surface area (Å²) in [6.45, 7) is 2.87. The minimum Gasteiger partial charge on any atom is -0.478 e. The fourth-order valence-electron chi connectivity index (χ4n) is 4.07. The minimum atomic E-state index is -1.01. The van der Waals surface area contributed by atoms with Gasteiger partial charge in [-0.05, 0) is 37.1 Å². The number of aromatic carboxylic acids is 1. The van der Waals surface area contributed by atoms with Crippen LogP contribution in [0.4, 0.5) is 0 Å². The number of furan rings is 1. The van der Waals surface area contributed by atoms with E-state index in [0.717, 1.165) is 29.7 Å². The van der Waals surface area contributed by atoms with Crippen LogP contribution in [0.5, 0.6) is 0 Å². The van der Waals surface area contributed by atoms with E-state index in [-0.39, 0.29) is 17.4 Å². The number of nitriles is 1. The lowest BCUT2D eigenvalue weighted by Gasteiger charge is -2.30. The van der Waals surface area contributed by atoms with Crippen LogP contribution < -0.4 is 0 Å². The van der Waals surface area contributed by atoms with Crippen LogP contribution in [0.15, 0.2) is 46.9 Å². The summed E-state index contributed by atoms with van der Waals surface area (Å²) in [5.74, 6) is -0.0976. The van der Waals surface area contributed by atoms with Crippen LogP contribution in [0.2, 0.25) is 0 Å². The molecule has 6 nitrogen and oxygen atoms in total. The molecule has 0 aliphatic carbocycles. The van der Waals surface area contributed by atoms with Crippen molar-refractivity contribution in [2.24, 2.45) is 0 Å². The molecule has 1 amide bonds. The summed E-state index contributed by atoms with van der Waals surface area (Å²) in [4.78, 5) is 25.0. The number of hydrogen-bond acceptors (Lipinski definition) is 4. The first-order valence-electron chi connectivity index (χ1n) is 9.54. The molecule has 1 aliphatic rings. The lowest BCUT2D eigenvalue weighted by molar-refractivity contribution is -0.129. The van der Waals surface area contributed by atoms with E-state index in [1.807, 2.05) is 17.0 Å². The Bertz CT molecular complexity index is 1150. The molecule has 0 atom stereocenters. The molecule has 0 unspecified atom stereocenters. The number of nitrogens with zero attached hydrogens (tertiary/aromatic N) is 2. The zero-order valence-corrected chi connectivity index (χ0v) is 16.0. The molecule has 6 heteroatoms. The second-order valence-corrected chi connectivity index (χ2v) is 7.30. The summed E-state index contributed by atoms with van der Waals surface area (Å²) in [5.41, 5.74) is 2.80. The zero-order chi connectivity index (χ0) is 20.5. The third-order valence-electron chi connectivity index (χ3n) is 5.59. The number of carbonyl (C=O) groups is 2. The SMILES string of the molecule is CC(=O)N1CCC(c2oc3ccc(C(=O)O)cc3c2-c2ccccc2C#N)CC1. The van der Waals surface area contributed by atoms with E-state index >= 15 is 0 Å². The van der Waals surface area contributed by atoms with Gasteiger partial charge >= 0.3 is 5.97 Å². The van der Waals surface area contributed by atoms with Crippen molar-refractivity contribution in [3.8, 4) is 17.2 Å². The average Bonchev–Trinajstić information content (AvgIpc) is 3.12. The number of likely N-dealkylation sites (tertiary alicyclic amines) is 1. The molecule has 1 aromatic heterocycles. The van der Waals surface area contributed by atoms with Crippen molar-refractivity contribution in [2.75, 3.05) is 13.1 Å². The lowest BCUT2D eigenvalue weighted by Crippen LogP contribution is -2.36. The van der Waals surface area contributed by atoms with Gasteiger partial charge in [-0.1, -0.05) is 18.2 Å². The third-order valence-corrected chi connectivity index (χ3v) is 5.59.